The Morgan fingerprint density at radius 2 is 2.31 bits per heavy atom. The standard InChI is InChI=1S/C11H19NS/c1-4-10(5-2)12-9-11(13-3)7-6-8-11/h1,10,12H,5-9H2,2-3H3. The van der Waals surface area contributed by atoms with Crippen molar-refractivity contribution in [3.8, 4) is 12.3 Å². The quantitative estimate of drug-likeness (QED) is 0.679. The van der Waals surface area contributed by atoms with E-state index in [1.807, 2.05) is 11.8 Å². The smallest absolute Gasteiger partial charge is 0.0684 e. The molecule has 0 radical (unpaired) electrons. The molecule has 0 bridgehead atoms. The molecule has 0 amide bonds. The van der Waals surface area contributed by atoms with Crippen molar-refractivity contribution in [1.82, 2.24) is 5.32 Å². The van der Waals surface area contributed by atoms with Crippen molar-refractivity contribution in [3.05, 3.63) is 0 Å². The second-order valence-corrected chi connectivity index (χ2v) is 5.02. The van der Waals surface area contributed by atoms with Gasteiger partial charge in [0.25, 0.3) is 0 Å². The van der Waals surface area contributed by atoms with E-state index < -0.39 is 0 Å². The molecule has 1 nitrogen and oxygen atoms in total. The fourth-order valence-corrected chi connectivity index (χ4v) is 2.58. The Balaban J connectivity index is 2.28. The van der Waals surface area contributed by atoms with Gasteiger partial charge in [0.05, 0.1) is 6.04 Å². The summed E-state index contributed by atoms with van der Waals surface area (Å²) in [6.07, 6.45) is 12.7. The summed E-state index contributed by atoms with van der Waals surface area (Å²) in [7, 11) is 0. The molecular weight excluding hydrogens is 178 g/mol. The summed E-state index contributed by atoms with van der Waals surface area (Å²) in [4.78, 5) is 0. The van der Waals surface area contributed by atoms with E-state index in [-0.39, 0.29) is 6.04 Å². The van der Waals surface area contributed by atoms with E-state index in [9.17, 15) is 0 Å². The predicted octanol–water partition coefficient (Wildman–Crippen LogP) is 2.27. The molecule has 13 heavy (non-hydrogen) atoms. The molecule has 0 aromatic carbocycles. The van der Waals surface area contributed by atoms with E-state index in [4.69, 9.17) is 6.42 Å². The monoisotopic (exact) mass is 197 g/mol. The second-order valence-electron chi connectivity index (χ2n) is 3.75. The van der Waals surface area contributed by atoms with Gasteiger partial charge in [0.15, 0.2) is 0 Å². The van der Waals surface area contributed by atoms with Gasteiger partial charge >= 0.3 is 0 Å². The molecule has 0 spiro atoms. The summed E-state index contributed by atoms with van der Waals surface area (Å²) in [6, 6.07) is 0.268. The first-order valence-electron chi connectivity index (χ1n) is 5.01. The first-order valence-corrected chi connectivity index (χ1v) is 6.23. The average molecular weight is 197 g/mol. The summed E-state index contributed by atoms with van der Waals surface area (Å²) in [5.74, 6) is 2.78. The van der Waals surface area contributed by atoms with Crippen LogP contribution >= 0.6 is 11.8 Å². The van der Waals surface area contributed by atoms with Crippen LogP contribution < -0.4 is 5.32 Å². The van der Waals surface area contributed by atoms with Crippen LogP contribution in [0.25, 0.3) is 0 Å². The molecule has 1 aliphatic carbocycles. The Morgan fingerprint density at radius 3 is 2.62 bits per heavy atom. The van der Waals surface area contributed by atoms with Gasteiger partial charge in [-0.25, -0.2) is 0 Å². The van der Waals surface area contributed by atoms with Gasteiger partial charge < -0.3 is 5.32 Å². The topological polar surface area (TPSA) is 12.0 Å². The van der Waals surface area contributed by atoms with Crippen LogP contribution in [0, 0.1) is 12.3 Å². The Bertz CT molecular complexity index is 185. The van der Waals surface area contributed by atoms with Crippen LogP contribution in [0.3, 0.4) is 0 Å². The van der Waals surface area contributed by atoms with E-state index >= 15 is 0 Å². The molecule has 2 heteroatoms. The molecule has 0 aromatic rings. The van der Waals surface area contributed by atoms with Crippen molar-refractivity contribution in [1.29, 1.82) is 0 Å². The molecule has 1 saturated carbocycles. The van der Waals surface area contributed by atoms with Crippen molar-refractivity contribution in [2.24, 2.45) is 0 Å². The van der Waals surface area contributed by atoms with Gasteiger partial charge in [-0.05, 0) is 25.5 Å². The highest BCUT2D eigenvalue weighted by Gasteiger charge is 2.35. The summed E-state index contributed by atoms with van der Waals surface area (Å²) in [5, 5.41) is 3.46. The molecule has 0 saturated heterocycles. The molecule has 0 aliphatic heterocycles. The Labute approximate surface area is 86.1 Å². The van der Waals surface area contributed by atoms with Crippen LogP contribution in [0.15, 0.2) is 0 Å². The van der Waals surface area contributed by atoms with Gasteiger partial charge in [0.1, 0.15) is 0 Å². The third kappa shape index (κ3) is 2.65. The van der Waals surface area contributed by atoms with Gasteiger partial charge in [-0.15, -0.1) is 6.42 Å². The third-order valence-electron chi connectivity index (χ3n) is 2.98. The zero-order valence-electron chi connectivity index (χ0n) is 8.60. The van der Waals surface area contributed by atoms with Crippen molar-refractivity contribution in [2.45, 2.75) is 43.4 Å². The van der Waals surface area contributed by atoms with Crippen LogP contribution in [0.4, 0.5) is 0 Å². The lowest BCUT2D eigenvalue weighted by Gasteiger charge is -2.41. The molecule has 0 heterocycles. The van der Waals surface area contributed by atoms with Crippen molar-refractivity contribution in [3.63, 3.8) is 0 Å². The molecule has 1 atom stereocenters. The minimum absolute atomic E-state index is 0.268. The highest BCUT2D eigenvalue weighted by atomic mass is 32.2. The van der Waals surface area contributed by atoms with Crippen molar-refractivity contribution in [2.75, 3.05) is 12.8 Å². The minimum Gasteiger partial charge on any atom is -0.302 e. The number of hydrogen-bond acceptors (Lipinski definition) is 2. The molecule has 1 unspecified atom stereocenters. The average Bonchev–Trinajstić information content (AvgIpc) is 2.10. The maximum atomic E-state index is 5.39. The molecular formula is C11H19NS. The molecule has 0 aromatic heterocycles. The highest BCUT2D eigenvalue weighted by molar-refractivity contribution is 8.00. The molecule has 1 aliphatic rings. The Hall–Kier alpha value is -0.130. The third-order valence-corrected chi connectivity index (χ3v) is 4.40. The van der Waals surface area contributed by atoms with Gasteiger partial charge in [0.2, 0.25) is 0 Å². The van der Waals surface area contributed by atoms with E-state index in [0.717, 1.165) is 13.0 Å². The molecule has 1 N–H and O–H groups in total. The lowest BCUT2D eigenvalue weighted by Crippen LogP contribution is -2.46. The fraction of sp³-hybridized carbons (Fsp3) is 0.818. The summed E-state index contributed by atoms with van der Waals surface area (Å²) in [5.41, 5.74) is 0. The van der Waals surface area contributed by atoms with Gasteiger partial charge in [0, 0.05) is 11.3 Å². The number of rotatable bonds is 5. The zero-order chi connectivity index (χ0) is 9.73. The van der Waals surface area contributed by atoms with Crippen molar-refractivity contribution < 1.29 is 0 Å². The molecule has 1 rings (SSSR count). The van der Waals surface area contributed by atoms with Crippen LogP contribution in [0.2, 0.25) is 0 Å². The maximum Gasteiger partial charge on any atom is 0.0684 e. The Kier molecular flexibility index (Phi) is 4.15. The maximum absolute atomic E-state index is 5.39. The van der Waals surface area contributed by atoms with Gasteiger partial charge in [-0.3, -0.25) is 0 Å². The highest BCUT2D eigenvalue weighted by Crippen LogP contribution is 2.42. The molecule has 1 fully saturated rings. The zero-order valence-corrected chi connectivity index (χ0v) is 9.41. The van der Waals surface area contributed by atoms with Crippen molar-refractivity contribution >= 4 is 11.8 Å². The number of nitrogens with one attached hydrogen (secondary N) is 1. The fourth-order valence-electron chi connectivity index (χ4n) is 1.65. The first-order chi connectivity index (χ1) is 6.26. The van der Waals surface area contributed by atoms with E-state index in [0.29, 0.717) is 4.75 Å². The van der Waals surface area contributed by atoms with Crippen LogP contribution in [0.1, 0.15) is 32.6 Å². The van der Waals surface area contributed by atoms with Crippen LogP contribution in [-0.4, -0.2) is 23.6 Å². The SMILES string of the molecule is C#CC(CC)NCC1(SC)CCC1. The number of terminal acetylenes is 1. The summed E-state index contributed by atoms with van der Waals surface area (Å²) >= 11 is 1.99. The first kappa shape index (κ1) is 10.9. The number of hydrogen-bond donors (Lipinski definition) is 1. The second kappa shape index (κ2) is 4.93. The Morgan fingerprint density at radius 1 is 1.62 bits per heavy atom. The van der Waals surface area contributed by atoms with Gasteiger partial charge in [-0.1, -0.05) is 19.3 Å². The lowest BCUT2D eigenvalue weighted by atomic mass is 9.84. The molecule has 74 valence electrons. The summed E-state index contributed by atoms with van der Waals surface area (Å²) in [6.45, 7) is 3.21. The summed E-state index contributed by atoms with van der Waals surface area (Å²) < 4.78 is 0.504. The van der Waals surface area contributed by atoms with E-state index in [2.05, 4.69) is 24.4 Å². The largest absolute Gasteiger partial charge is 0.302 e. The number of thioether (sulfide) groups is 1. The van der Waals surface area contributed by atoms with Gasteiger partial charge in [-0.2, -0.15) is 11.8 Å². The predicted molar refractivity (Wildman–Crippen MR) is 61.0 cm³/mol. The van der Waals surface area contributed by atoms with E-state index in [1.54, 1.807) is 0 Å². The lowest BCUT2D eigenvalue weighted by molar-refractivity contribution is 0.338. The minimum atomic E-state index is 0.268. The van der Waals surface area contributed by atoms with E-state index in [1.165, 1.54) is 19.3 Å². The van der Waals surface area contributed by atoms with Crippen LogP contribution in [-0.2, 0) is 0 Å². The normalized spacial score (nSPS) is 21.6. The van der Waals surface area contributed by atoms with Crippen LogP contribution in [0.5, 0.6) is 0 Å².